The third-order valence-electron chi connectivity index (χ3n) is 2.10. The Hall–Kier alpha value is -1.64. The summed E-state index contributed by atoms with van der Waals surface area (Å²) in [6.45, 7) is 5.56. The molecule has 1 aromatic carbocycles. The molecule has 0 spiro atoms. The van der Waals surface area contributed by atoms with Crippen LogP contribution in [0.1, 0.15) is 5.56 Å². The van der Waals surface area contributed by atoms with Gasteiger partial charge in [0.15, 0.2) is 8.32 Å². The zero-order valence-electron chi connectivity index (χ0n) is 10.1. The summed E-state index contributed by atoms with van der Waals surface area (Å²) in [5.41, 5.74) is -1.54. The van der Waals surface area contributed by atoms with E-state index in [0.29, 0.717) is 5.56 Å². The number of nitrogens with zero attached hydrogens (tertiary/aromatic N) is 1. The average molecular weight is 249 g/mol. The SMILES string of the molecule is C[Si](C)(C)O[C@](C#N)(C(=O)O)c1ccccc1. The van der Waals surface area contributed by atoms with E-state index >= 15 is 0 Å². The van der Waals surface area contributed by atoms with Gasteiger partial charge in [0.2, 0.25) is 0 Å². The van der Waals surface area contributed by atoms with E-state index in [-0.39, 0.29) is 0 Å². The summed E-state index contributed by atoms with van der Waals surface area (Å²) in [5.74, 6) is -1.27. The van der Waals surface area contributed by atoms with Gasteiger partial charge in [0, 0.05) is 5.56 Å². The van der Waals surface area contributed by atoms with E-state index in [4.69, 9.17) is 4.43 Å². The number of hydrogen-bond acceptors (Lipinski definition) is 3. The highest BCUT2D eigenvalue weighted by molar-refractivity contribution is 6.70. The standard InChI is InChI=1S/C12H15NO3Si/c1-17(2,3)16-12(9-13,11(14)15)10-7-5-4-6-8-10/h4-8H,1-3H3,(H,14,15)/t12-/m0/s1. The van der Waals surface area contributed by atoms with Crippen LogP contribution in [0.4, 0.5) is 0 Å². The van der Waals surface area contributed by atoms with E-state index in [2.05, 4.69) is 0 Å². The zero-order chi connectivity index (χ0) is 13.1. The molecular weight excluding hydrogens is 234 g/mol. The minimum atomic E-state index is -2.16. The van der Waals surface area contributed by atoms with Crippen molar-refractivity contribution in [3.8, 4) is 6.07 Å². The van der Waals surface area contributed by atoms with Crippen LogP contribution in [0.5, 0.6) is 0 Å². The Labute approximate surface area is 102 Å². The molecule has 0 aromatic heterocycles. The molecule has 0 aliphatic carbocycles. The highest BCUT2D eigenvalue weighted by Crippen LogP contribution is 2.29. The Kier molecular flexibility index (Phi) is 3.71. The molecule has 1 N–H and O–H groups in total. The van der Waals surface area contributed by atoms with Gasteiger partial charge < -0.3 is 9.53 Å². The molecule has 0 unspecified atom stereocenters. The number of hydrogen-bond donors (Lipinski definition) is 1. The molecule has 0 aliphatic heterocycles. The maximum atomic E-state index is 11.4. The molecule has 17 heavy (non-hydrogen) atoms. The molecule has 0 bridgehead atoms. The van der Waals surface area contributed by atoms with Crippen molar-refractivity contribution in [3.05, 3.63) is 35.9 Å². The number of carboxylic acids is 1. The largest absolute Gasteiger partial charge is 0.478 e. The van der Waals surface area contributed by atoms with Crippen LogP contribution in [-0.4, -0.2) is 19.4 Å². The summed E-state index contributed by atoms with van der Waals surface area (Å²) < 4.78 is 5.60. The van der Waals surface area contributed by atoms with Gasteiger partial charge in [-0.3, -0.25) is 0 Å². The first-order chi connectivity index (χ1) is 7.82. The van der Waals surface area contributed by atoms with Gasteiger partial charge in [-0.2, -0.15) is 5.26 Å². The Morgan fingerprint density at radius 2 is 1.88 bits per heavy atom. The Bertz CT molecular complexity index is 447. The van der Waals surface area contributed by atoms with Crippen molar-refractivity contribution in [1.82, 2.24) is 0 Å². The van der Waals surface area contributed by atoms with Crippen LogP contribution in [0, 0.1) is 11.3 Å². The molecule has 0 fully saturated rings. The minimum Gasteiger partial charge on any atom is -0.478 e. The number of benzene rings is 1. The molecule has 0 saturated heterocycles. The van der Waals surface area contributed by atoms with Gasteiger partial charge in [0.1, 0.15) is 6.07 Å². The van der Waals surface area contributed by atoms with Crippen LogP contribution in [0.3, 0.4) is 0 Å². The Morgan fingerprint density at radius 3 is 2.24 bits per heavy atom. The van der Waals surface area contributed by atoms with Crippen molar-refractivity contribution in [2.75, 3.05) is 0 Å². The molecule has 0 amide bonds. The fraction of sp³-hybridized carbons (Fsp3) is 0.333. The molecule has 4 nitrogen and oxygen atoms in total. The van der Waals surface area contributed by atoms with E-state index in [0.717, 1.165) is 0 Å². The molecule has 0 radical (unpaired) electrons. The van der Waals surface area contributed by atoms with Crippen LogP contribution in [0.15, 0.2) is 30.3 Å². The lowest BCUT2D eigenvalue weighted by atomic mass is 9.96. The summed E-state index contributed by atoms with van der Waals surface area (Å²) in [5, 5.41) is 18.5. The third-order valence-corrected chi connectivity index (χ3v) is 3.02. The van der Waals surface area contributed by atoms with E-state index in [1.54, 1.807) is 36.4 Å². The number of carboxylic acid groups (broad SMARTS) is 1. The smallest absolute Gasteiger partial charge is 0.354 e. The van der Waals surface area contributed by atoms with Gasteiger partial charge in [-0.25, -0.2) is 4.79 Å². The van der Waals surface area contributed by atoms with Gasteiger partial charge in [0.05, 0.1) is 0 Å². The molecule has 0 heterocycles. The highest BCUT2D eigenvalue weighted by Gasteiger charge is 2.45. The monoisotopic (exact) mass is 249 g/mol. The van der Waals surface area contributed by atoms with E-state index in [9.17, 15) is 15.2 Å². The van der Waals surface area contributed by atoms with Gasteiger partial charge in [-0.1, -0.05) is 30.3 Å². The summed E-state index contributed by atoms with van der Waals surface area (Å²) in [6.07, 6.45) is 0. The fourth-order valence-corrected chi connectivity index (χ4v) is 2.66. The number of aliphatic carboxylic acids is 1. The molecular formula is C12H15NO3Si. The summed E-state index contributed by atoms with van der Waals surface area (Å²) in [6, 6.07) is 10.1. The normalized spacial score (nSPS) is 14.7. The van der Waals surface area contributed by atoms with Crippen LogP contribution in [0.2, 0.25) is 19.6 Å². The first-order valence-corrected chi connectivity index (χ1v) is 8.63. The molecule has 1 aromatic rings. The molecule has 5 heteroatoms. The maximum Gasteiger partial charge on any atom is 0.354 e. The molecule has 1 rings (SSSR count). The fourth-order valence-electron chi connectivity index (χ4n) is 1.49. The van der Waals surface area contributed by atoms with Crippen LogP contribution < -0.4 is 0 Å². The topological polar surface area (TPSA) is 70.3 Å². The molecule has 0 aliphatic rings. The highest BCUT2D eigenvalue weighted by atomic mass is 28.4. The van der Waals surface area contributed by atoms with Crippen LogP contribution >= 0.6 is 0 Å². The maximum absolute atomic E-state index is 11.4. The van der Waals surface area contributed by atoms with Crippen molar-refractivity contribution >= 4 is 14.3 Å². The predicted molar refractivity (Wildman–Crippen MR) is 65.8 cm³/mol. The van der Waals surface area contributed by atoms with Gasteiger partial charge in [0.25, 0.3) is 5.60 Å². The first-order valence-electron chi connectivity index (χ1n) is 5.22. The molecule has 1 atom stereocenters. The van der Waals surface area contributed by atoms with E-state index < -0.39 is 19.9 Å². The van der Waals surface area contributed by atoms with Crippen LogP contribution in [-0.2, 0) is 14.8 Å². The zero-order valence-corrected chi connectivity index (χ0v) is 11.1. The lowest BCUT2D eigenvalue weighted by molar-refractivity contribution is -0.151. The Balaban J connectivity index is 3.30. The number of rotatable bonds is 4. The number of carbonyl (C=O) groups is 1. The van der Waals surface area contributed by atoms with E-state index in [1.165, 1.54) is 0 Å². The van der Waals surface area contributed by atoms with Crippen molar-refractivity contribution in [1.29, 1.82) is 5.26 Å². The Morgan fingerprint density at radius 1 is 1.35 bits per heavy atom. The average Bonchev–Trinajstić information content (AvgIpc) is 2.25. The van der Waals surface area contributed by atoms with Gasteiger partial charge in [-0.15, -0.1) is 0 Å². The van der Waals surface area contributed by atoms with Crippen LogP contribution in [0.25, 0.3) is 0 Å². The van der Waals surface area contributed by atoms with Crippen molar-refractivity contribution in [3.63, 3.8) is 0 Å². The second-order valence-electron chi connectivity index (χ2n) is 4.68. The van der Waals surface area contributed by atoms with Gasteiger partial charge in [-0.05, 0) is 19.6 Å². The second kappa shape index (κ2) is 4.70. The second-order valence-corrected chi connectivity index (χ2v) is 9.11. The molecule has 90 valence electrons. The minimum absolute atomic E-state index is 0.359. The molecule has 0 saturated carbocycles. The lowest BCUT2D eigenvalue weighted by Gasteiger charge is -2.30. The van der Waals surface area contributed by atoms with Crippen molar-refractivity contribution in [2.24, 2.45) is 0 Å². The summed E-state index contributed by atoms with van der Waals surface area (Å²) in [7, 11) is -2.16. The van der Waals surface area contributed by atoms with Gasteiger partial charge >= 0.3 is 5.97 Å². The quantitative estimate of drug-likeness (QED) is 0.831. The lowest BCUT2D eigenvalue weighted by Crippen LogP contribution is -2.45. The van der Waals surface area contributed by atoms with Crippen molar-refractivity contribution < 1.29 is 14.3 Å². The number of nitriles is 1. The summed E-state index contributed by atoms with van der Waals surface area (Å²) >= 11 is 0. The summed E-state index contributed by atoms with van der Waals surface area (Å²) in [4.78, 5) is 11.4. The predicted octanol–water partition coefficient (Wildman–Crippen LogP) is 2.34. The van der Waals surface area contributed by atoms with Crippen molar-refractivity contribution in [2.45, 2.75) is 25.2 Å². The van der Waals surface area contributed by atoms with E-state index in [1.807, 2.05) is 19.6 Å². The third kappa shape index (κ3) is 2.93. The first kappa shape index (κ1) is 13.4.